The number of hydrogen-bond acceptors (Lipinski definition) is 4. The van der Waals surface area contributed by atoms with Crippen LogP contribution in [-0.2, 0) is 15.4 Å². The zero-order chi connectivity index (χ0) is 23.4. The molecule has 0 saturated carbocycles. The van der Waals surface area contributed by atoms with E-state index in [1.165, 1.54) is 15.9 Å². The van der Waals surface area contributed by atoms with Gasteiger partial charge in [-0.25, -0.2) is 8.42 Å². The summed E-state index contributed by atoms with van der Waals surface area (Å²) in [5.41, 5.74) is 1.64. The maximum atomic E-state index is 12.9. The molecule has 1 amide bonds. The molecule has 0 atom stereocenters. The molecule has 6 nitrogen and oxygen atoms in total. The zero-order valence-electron chi connectivity index (χ0n) is 19.4. The van der Waals surface area contributed by atoms with Crippen molar-refractivity contribution in [1.29, 1.82) is 0 Å². The number of carbonyl (C=O) groups excluding carboxylic acids is 1. The van der Waals surface area contributed by atoms with Crippen LogP contribution < -0.4 is 10.1 Å². The lowest BCUT2D eigenvalue weighted by atomic mass is 9.87. The van der Waals surface area contributed by atoms with E-state index >= 15 is 0 Å². The maximum absolute atomic E-state index is 12.9. The van der Waals surface area contributed by atoms with E-state index in [4.69, 9.17) is 4.74 Å². The molecule has 1 aliphatic rings. The topological polar surface area (TPSA) is 75.7 Å². The third kappa shape index (κ3) is 6.11. The molecule has 1 aliphatic heterocycles. The quantitative estimate of drug-likeness (QED) is 0.631. The van der Waals surface area contributed by atoms with Crippen LogP contribution in [0.4, 0.5) is 0 Å². The lowest BCUT2D eigenvalue weighted by Gasteiger charge is -2.29. The van der Waals surface area contributed by atoms with Crippen molar-refractivity contribution in [1.82, 2.24) is 9.62 Å². The number of nitrogens with one attached hydrogen (secondary N) is 1. The summed E-state index contributed by atoms with van der Waals surface area (Å²) in [6.07, 6.45) is 1.72. The van der Waals surface area contributed by atoms with E-state index in [-0.39, 0.29) is 16.2 Å². The SMILES string of the molecule is CC1CCN(S(=O)(=O)c2cccc(C(=O)NCCOc3ccc(C(C)(C)C)cc3)c2)CC1. The molecule has 1 fully saturated rings. The van der Waals surface area contributed by atoms with Gasteiger partial charge >= 0.3 is 0 Å². The van der Waals surface area contributed by atoms with Gasteiger partial charge in [0.25, 0.3) is 5.91 Å². The first kappa shape index (κ1) is 24.3. The van der Waals surface area contributed by atoms with Crippen LogP contribution in [0.25, 0.3) is 0 Å². The van der Waals surface area contributed by atoms with Crippen LogP contribution in [0.3, 0.4) is 0 Å². The Morgan fingerprint density at radius 2 is 1.75 bits per heavy atom. The van der Waals surface area contributed by atoms with Crippen LogP contribution in [0.5, 0.6) is 5.75 Å². The Hall–Kier alpha value is -2.38. The Labute approximate surface area is 192 Å². The number of rotatable bonds is 7. The second kappa shape index (κ2) is 10.0. The molecule has 0 aliphatic carbocycles. The Morgan fingerprint density at radius 1 is 1.09 bits per heavy atom. The Bertz CT molecular complexity index is 1020. The molecule has 1 saturated heterocycles. The van der Waals surface area contributed by atoms with Crippen molar-refractivity contribution in [2.75, 3.05) is 26.2 Å². The van der Waals surface area contributed by atoms with Crippen molar-refractivity contribution < 1.29 is 17.9 Å². The normalized spacial score (nSPS) is 16.0. The summed E-state index contributed by atoms with van der Waals surface area (Å²) in [6, 6.07) is 14.2. The molecule has 1 N–H and O–H groups in total. The highest BCUT2D eigenvalue weighted by Gasteiger charge is 2.28. The molecule has 174 valence electrons. The van der Waals surface area contributed by atoms with E-state index < -0.39 is 10.0 Å². The number of sulfonamides is 1. The highest BCUT2D eigenvalue weighted by atomic mass is 32.2. The average Bonchev–Trinajstić information content (AvgIpc) is 2.76. The molecular formula is C25H34N2O4S. The highest BCUT2D eigenvalue weighted by Crippen LogP contribution is 2.25. The van der Waals surface area contributed by atoms with Crippen LogP contribution >= 0.6 is 0 Å². The van der Waals surface area contributed by atoms with Gasteiger partial charge in [0.2, 0.25) is 10.0 Å². The number of piperidine rings is 1. The molecule has 3 rings (SSSR count). The fourth-order valence-electron chi connectivity index (χ4n) is 3.66. The molecule has 7 heteroatoms. The number of hydrogen-bond donors (Lipinski definition) is 1. The van der Waals surface area contributed by atoms with Gasteiger partial charge in [-0.15, -0.1) is 0 Å². The minimum Gasteiger partial charge on any atom is -0.492 e. The Morgan fingerprint density at radius 3 is 2.38 bits per heavy atom. The van der Waals surface area contributed by atoms with Crippen molar-refractivity contribution in [2.24, 2.45) is 5.92 Å². The van der Waals surface area contributed by atoms with Crippen LogP contribution in [0, 0.1) is 5.92 Å². The molecular weight excluding hydrogens is 424 g/mol. The van der Waals surface area contributed by atoms with Gasteiger partial charge in [-0.3, -0.25) is 4.79 Å². The molecule has 0 spiro atoms. The van der Waals surface area contributed by atoms with Crippen molar-refractivity contribution >= 4 is 15.9 Å². The van der Waals surface area contributed by atoms with E-state index in [0.717, 1.165) is 18.6 Å². The lowest BCUT2D eigenvalue weighted by Crippen LogP contribution is -2.38. The number of benzene rings is 2. The predicted molar refractivity (Wildman–Crippen MR) is 127 cm³/mol. The minimum absolute atomic E-state index is 0.0843. The van der Waals surface area contributed by atoms with E-state index in [9.17, 15) is 13.2 Å². The van der Waals surface area contributed by atoms with Crippen molar-refractivity contribution in [3.63, 3.8) is 0 Å². The number of carbonyl (C=O) groups is 1. The van der Waals surface area contributed by atoms with Gasteiger partial charge in [-0.2, -0.15) is 4.31 Å². The second-order valence-corrected chi connectivity index (χ2v) is 11.4. The van der Waals surface area contributed by atoms with E-state index in [0.29, 0.717) is 37.7 Å². The standard InChI is InChI=1S/C25H34N2O4S/c1-19-12-15-27(16-13-19)32(29,30)23-7-5-6-20(18-23)24(28)26-14-17-31-22-10-8-21(9-11-22)25(2,3)4/h5-11,18-19H,12-17H2,1-4H3,(H,26,28). The van der Waals surface area contributed by atoms with Crippen LogP contribution in [0.1, 0.15) is 56.5 Å². The monoisotopic (exact) mass is 458 g/mol. The Kier molecular flexibility index (Phi) is 7.62. The van der Waals surface area contributed by atoms with E-state index in [1.54, 1.807) is 18.2 Å². The van der Waals surface area contributed by atoms with Gasteiger partial charge in [0.05, 0.1) is 11.4 Å². The Balaban J connectivity index is 1.53. The molecule has 2 aromatic rings. The second-order valence-electron chi connectivity index (χ2n) is 9.49. The van der Waals surface area contributed by atoms with Crippen LogP contribution in [-0.4, -0.2) is 44.9 Å². The van der Waals surface area contributed by atoms with Gasteiger partial charge < -0.3 is 10.1 Å². The summed E-state index contributed by atoms with van der Waals surface area (Å²) in [5, 5.41) is 2.80. The fourth-order valence-corrected chi connectivity index (χ4v) is 5.17. The summed E-state index contributed by atoms with van der Waals surface area (Å²) in [5.74, 6) is 0.967. The molecule has 0 aromatic heterocycles. The summed E-state index contributed by atoms with van der Waals surface area (Å²) in [6.45, 7) is 10.3. The maximum Gasteiger partial charge on any atom is 0.251 e. The molecule has 2 aromatic carbocycles. The van der Waals surface area contributed by atoms with Crippen molar-refractivity contribution in [3.05, 3.63) is 59.7 Å². The molecule has 0 bridgehead atoms. The number of amides is 1. The summed E-state index contributed by atoms with van der Waals surface area (Å²) in [7, 11) is -3.59. The highest BCUT2D eigenvalue weighted by molar-refractivity contribution is 7.89. The van der Waals surface area contributed by atoms with Gasteiger partial charge in [0.1, 0.15) is 12.4 Å². The molecule has 1 heterocycles. The molecule has 32 heavy (non-hydrogen) atoms. The van der Waals surface area contributed by atoms with Crippen molar-refractivity contribution in [3.8, 4) is 5.75 Å². The first-order chi connectivity index (χ1) is 15.1. The van der Waals surface area contributed by atoms with E-state index in [1.807, 2.05) is 24.3 Å². The summed E-state index contributed by atoms with van der Waals surface area (Å²) < 4.78 is 33.1. The molecule has 0 unspecified atom stereocenters. The minimum atomic E-state index is -3.59. The third-order valence-electron chi connectivity index (χ3n) is 5.85. The van der Waals surface area contributed by atoms with Crippen LogP contribution in [0.2, 0.25) is 0 Å². The number of nitrogens with zero attached hydrogens (tertiary/aromatic N) is 1. The largest absolute Gasteiger partial charge is 0.492 e. The summed E-state index contributed by atoms with van der Waals surface area (Å²) in [4.78, 5) is 12.7. The fraction of sp³-hybridized carbons (Fsp3) is 0.480. The number of ether oxygens (including phenoxy) is 1. The van der Waals surface area contributed by atoms with Crippen LogP contribution in [0.15, 0.2) is 53.4 Å². The van der Waals surface area contributed by atoms with E-state index in [2.05, 4.69) is 33.0 Å². The van der Waals surface area contributed by atoms with Crippen molar-refractivity contribution in [2.45, 2.75) is 50.8 Å². The van der Waals surface area contributed by atoms with Gasteiger partial charge in [-0.05, 0) is 60.1 Å². The molecule has 0 radical (unpaired) electrons. The lowest BCUT2D eigenvalue weighted by molar-refractivity contribution is 0.0946. The van der Waals surface area contributed by atoms with Gasteiger partial charge in [0.15, 0.2) is 0 Å². The average molecular weight is 459 g/mol. The third-order valence-corrected chi connectivity index (χ3v) is 7.75. The smallest absolute Gasteiger partial charge is 0.251 e. The van der Waals surface area contributed by atoms with Gasteiger partial charge in [0, 0.05) is 18.7 Å². The first-order valence-corrected chi connectivity index (χ1v) is 12.6. The van der Waals surface area contributed by atoms with Gasteiger partial charge in [-0.1, -0.05) is 45.9 Å². The first-order valence-electron chi connectivity index (χ1n) is 11.2. The summed E-state index contributed by atoms with van der Waals surface area (Å²) >= 11 is 0. The zero-order valence-corrected chi connectivity index (χ0v) is 20.2. The predicted octanol–water partition coefficient (Wildman–Crippen LogP) is 4.21.